The van der Waals surface area contributed by atoms with Crippen LogP contribution in [0.2, 0.25) is 0 Å². The molecule has 2 aliphatic rings. The summed E-state index contributed by atoms with van der Waals surface area (Å²) >= 11 is 0. The van der Waals surface area contributed by atoms with Crippen molar-refractivity contribution in [1.29, 1.82) is 0 Å². The number of amides is 2. The van der Waals surface area contributed by atoms with E-state index in [1.807, 2.05) is 35.2 Å². The number of hydrogen-bond acceptors (Lipinski definition) is 4. The van der Waals surface area contributed by atoms with Crippen LogP contribution >= 0.6 is 0 Å². The van der Waals surface area contributed by atoms with Gasteiger partial charge in [-0.3, -0.25) is 9.59 Å². The number of methoxy groups -OCH3 is 1. The van der Waals surface area contributed by atoms with Gasteiger partial charge in [0.2, 0.25) is 11.8 Å². The number of piperazine rings is 1. The molecule has 2 aromatic rings. The number of hydrogen-bond donors (Lipinski definition) is 0. The highest BCUT2D eigenvalue weighted by molar-refractivity contribution is 5.92. The van der Waals surface area contributed by atoms with Crippen molar-refractivity contribution < 1.29 is 18.7 Å². The van der Waals surface area contributed by atoms with E-state index in [1.54, 1.807) is 29.0 Å². The van der Waals surface area contributed by atoms with Gasteiger partial charge >= 0.3 is 0 Å². The fraction of sp³-hybridized carbons (Fsp3) is 0.391. The molecule has 0 spiro atoms. The van der Waals surface area contributed by atoms with Gasteiger partial charge in [-0.25, -0.2) is 4.39 Å². The summed E-state index contributed by atoms with van der Waals surface area (Å²) in [5.74, 6) is -0.399. The standard InChI is InChI=1S/C23H26FN3O3/c1-30-15-14-27-21(28)16-17-6-2-3-7-18(17)22(27)23(29)26-12-10-25(11-13-26)20-9-5-4-8-19(20)24/h2-9,22H,10-16H2,1H3/t22-/m1/s1. The second kappa shape index (κ2) is 8.83. The van der Waals surface area contributed by atoms with Crippen LogP contribution in [0.1, 0.15) is 17.2 Å². The quantitative estimate of drug-likeness (QED) is 0.757. The summed E-state index contributed by atoms with van der Waals surface area (Å²) in [6, 6.07) is 13.7. The summed E-state index contributed by atoms with van der Waals surface area (Å²) in [5, 5.41) is 0. The molecule has 2 aliphatic heterocycles. The minimum atomic E-state index is -0.641. The molecule has 30 heavy (non-hydrogen) atoms. The number of para-hydroxylation sites is 1. The van der Waals surface area contributed by atoms with E-state index in [0.29, 0.717) is 51.4 Å². The van der Waals surface area contributed by atoms with Crippen LogP contribution < -0.4 is 4.90 Å². The van der Waals surface area contributed by atoms with Crippen LogP contribution in [0.5, 0.6) is 0 Å². The number of rotatable bonds is 5. The summed E-state index contributed by atoms with van der Waals surface area (Å²) in [6.45, 7) is 2.81. The van der Waals surface area contributed by atoms with Gasteiger partial charge in [-0.05, 0) is 23.3 Å². The molecule has 6 nitrogen and oxygen atoms in total. The lowest BCUT2D eigenvalue weighted by Gasteiger charge is -2.42. The number of anilines is 1. The Bertz CT molecular complexity index is 927. The van der Waals surface area contributed by atoms with Gasteiger partial charge < -0.3 is 19.4 Å². The summed E-state index contributed by atoms with van der Waals surface area (Å²) in [4.78, 5) is 31.7. The molecule has 2 aromatic carbocycles. The minimum Gasteiger partial charge on any atom is -0.383 e. The maximum atomic E-state index is 14.1. The lowest BCUT2D eigenvalue weighted by atomic mass is 9.91. The summed E-state index contributed by atoms with van der Waals surface area (Å²) in [6.07, 6.45) is 0.296. The van der Waals surface area contributed by atoms with Crippen molar-refractivity contribution in [3.63, 3.8) is 0 Å². The molecule has 158 valence electrons. The molecule has 4 rings (SSSR count). The van der Waals surface area contributed by atoms with Crippen LogP contribution in [0, 0.1) is 5.82 Å². The highest BCUT2D eigenvalue weighted by Gasteiger charge is 2.39. The average molecular weight is 411 g/mol. The molecule has 0 aromatic heterocycles. The van der Waals surface area contributed by atoms with Gasteiger partial charge in [0.05, 0.1) is 18.7 Å². The van der Waals surface area contributed by atoms with Crippen molar-refractivity contribution in [2.45, 2.75) is 12.5 Å². The monoisotopic (exact) mass is 411 g/mol. The van der Waals surface area contributed by atoms with Crippen molar-refractivity contribution in [3.05, 3.63) is 65.5 Å². The Morgan fingerprint density at radius 2 is 1.77 bits per heavy atom. The number of nitrogens with zero attached hydrogens (tertiary/aromatic N) is 3. The lowest BCUT2D eigenvalue weighted by Crippen LogP contribution is -2.54. The molecule has 2 amide bonds. The second-order valence-corrected chi connectivity index (χ2v) is 7.62. The molecule has 1 saturated heterocycles. The normalized spacial score (nSPS) is 19.1. The Morgan fingerprint density at radius 1 is 1.07 bits per heavy atom. The zero-order valence-electron chi connectivity index (χ0n) is 17.1. The fourth-order valence-corrected chi connectivity index (χ4v) is 4.30. The number of fused-ring (bicyclic) bond motifs is 1. The predicted octanol–water partition coefficient (Wildman–Crippen LogP) is 2.25. The Morgan fingerprint density at radius 3 is 2.50 bits per heavy atom. The highest BCUT2D eigenvalue weighted by Crippen LogP contribution is 2.32. The molecule has 0 saturated carbocycles. The van der Waals surface area contributed by atoms with Crippen LogP contribution in [0.25, 0.3) is 0 Å². The van der Waals surface area contributed by atoms with Gasteiger partial charge in [-0.2, -0.15) is 0 Å². The number of benzene rings is 2. The molecule has 0 N–H and O–H groups in total. The highest BCUT2D eigenvalue weighted by atomic mass is 19.1. The molecular weight excluding hydrogens is 385 g/mol. The number of carbonyl (C=O) groups is 2. The van der Waals surface area contributed by atoms with E-state index in [0.717, 1.165) is 11.1 Å². The van der Waals surface area contributed by atoms with Crippen LogP contribution in [0.4, 0.5) is 10.1 Å². The summed E-state index contributed by atoms with van der Waals surface area (Å²) < 4.78 is 19.3. The Hall–Kier alpha value is -2.93. The minimum absolute atomic E-state index is 0.0610. The lowest BCUT2D eigenvalue weighted by molar-refractivity contribution is -0.147. The summed E-state index contributed by atoms with van der Waals surface area (Å²) in [5.41, 5.74) is 2.35. The number of ether oxygens (including phenoxy) is 1. The number of carbonyl (C=O) groups excluding carboxylic acids is 2. The molecule has 0 bridgehead atoms. The van der Waals surface area contributed by atoms with Gasteiger partial charge in [0.15, 0.2) is 0 Å². The van der Waals surface area contributed by atoms with E-state index < -0.39 is 6.04 Å². The third kappa shape index (κ3) is 3.89. The van der Waals surface area contributed by atoms with Gasteiger partial charge in [0.25, 0.3) is 0 Å². The van der Waals surface area contributed by atoms with Crippen molar-refractivity contribution in [2.75, 3.05) is 51.3 Å². The first-order valence-corrected chi connectivity index (χ1v) is 10.2. The third-order valence-electron chi connectivity index (χ3n) is 5.88. The van der Waals surface area contributed by atoms with Crippen LogP contribution in [0.15, 0.2) is 48.5 Å². The van der Waals surface area contributed by atoms with Gasteiger partial charge in [0, 0.05) is 39.8 Å². The largest absolute Gasteiger partial charge is 0.383 e. The maximum Gasteiger partial charge on any atom is 0.250 e. The first-order valence-electron chi connectivity index (χ1n) is 10.2. The average Bonchev–Trinajstić information content (AvgIpc) is 2.77. The third-order valence-corrected chi connectivity index (χ3v) is 5.88. The molecule has 1 atom stereocenters. The van der Waals surface area contributed by atoms with E-state index in [2.05, 4.69) is 0 Å². The van der Waals surface area contributed by atoms with Gasteiger partial charge in [0.1, 0.15) is 11.9 Å². The SMILES string of the molecule is COCCN1C(=O)Cc2ccccc2[C@@H]1C(=O)N1CCN(c2ccccc2F)CC1. The number of halogens is 1. The smallest absolute Gasteiger partial charge is 0.250 e. The molecule has 0 aliphatic carbocycles. The first kappa shape index (κ1) is 20.3. The molecule has 2 heterocycles. The Kier molecular flexibility index (Phi) is 5.99. The topological polar surface area (TPSA) is 53.1 Å². The molecule has 0 unspecified atom stereocenters. The van der Waals surface area contributed by atoms with E-state index in [9.17, 15) is 14.0 Å². The molecule has 1 fully saturated rings. The Labute approximate surface area is 175 Å². The molecule has 7 heteroatoms. The fourth-order valence-electron chi connectivity index (χ4n) is 4.30. The van der Waals surface area contributed by atoms with E-state index in [-0.39, 0.29) is 17.6 Å². The van der Waals surface area contributed by atoms with Gasteiger partial charge in [-0.15, -0.1) is 0 Å². The molecule has 0 radical (unpaired) electrons. The molecular formula is C23H26FN3O3. The van der Waals surface area contributed by atoms with Crippen molar-refractivity contribution in [3.8, 4) is 0 Å². The predicted molar refractivity (Wildman–Crippen MR) is 112 cm³/mol. The second-order valence-electron chi connectivity index (χ2n) is 7.62. The Balaban J connectivity index is 1.54. The van der Waals surface area contributed by atoms with E-state index >= 15 is 0 Å². The van der Waals surface area contributed by atoms with Crippen LogP contribution in [0.3, 0.4) is 0 Å². The van der Waals surface area contributed by atoms with E-state index in [4.69, 9.17) is 4.74 Å². The summed E-state index contributed by atoms with van der Waals surface area (Å²) in [7, 11) is 1.58. The first-order chi connectivity index (χ1) is 14.6. The zero-order valence-corrected chi connectivity index (χ0v) is 17.1. The van der Waals surface area contributed by atoms with Crippen molar-refractivity contribution in [2.24, 2.45) is 0 Å². The van der Waals surface area contributed by atoms with Crippen LogP contribution in [-0.4, -0.2) is 68.1 Å². The van der Waals surface area contributed by atoms with Gasteiger partial charge in [-0.1, -0.05) is 36.4 Å². The maximum absolute atomic E-state index is 14.1. The van der Waals surface area contributed by atoms with Crippen molar-refractivity contribution >= 4 is 17.5 Å². The van der Waals surface area contributed by atoms with Crippen molar-refractivity contribution in [1.82, 2.24) is 9.80 Å². The van der Waals surface area contributed by atoms with E-state index in [1.165, 1.54) is 6.07 Å². The zero-order chi connectivity index (χ0) is 21.1. The van der Waals surface area contributed by atoms with Crippen LogP contribution in [-0.2, 0) is 20.7 Å².